The van der Waals surface area contributed by atoms with Crippen molar-refractivity contribution in [1.82, 2.24) is 19.8 Å². The molecule has 2 aromatic carbocycles. The van der Waals surface area contributed by atoms with Crippen LogP contribution >= 0.6 is 0 Å². The van der Waals surface area contributed by atoms with Crippen molar-refractivity contribution in [3.63, 3.8) is 0 Å². The number of oxime groups is 1. The van der Waals surface area contributed by atoms with Crippen molar-refractivity contribution in [2.24, 2.45) is 5.16 Å². The Kier molecular flexibility index (Phi) is 5.14. The molecule has 164 valence electrons. The fourth-order valence-electron chi connectivity index (χ4n) is 4.15. The monoisotopic (exact) mass is 433 g/mol. The molecule has 1 atom stereocenters. The molecule has 0 spiro atoms. The first-order valence-electron chi connectivity index (χ1n) is 10.5. The molecule has 5 rings (SSSR count). The number of imidazole rings is 1. The summed E-state index contributed by atoms with van der Waals surface area (Å²) in [5.74, 6) is 1.20. The highest BCUT2D eigenvalue weighted by molar-refractivity contribution is 5.97. The lowest BCUT2D eigenvalue weighted by Gasteiger charge is -2.41. The van der Waals surface area contributed by atoms with Crippen LogP contribution in [0.5, 0.6) is 5.75 Å². The minimum Gasteiger partial charge on any atom is -0.495 e. The van der Waals surface area contributed by atoms with E-state index >= 15 is 0 Å². The molecule has 0 saturated carbocycles. The molecule has 0 aliphatic carbocycles. The lowest BCUT2D eigenvalue weighted by Crippen LogP contribution is -2.58. The molecular weight excluding hydrogens is 409 g/mol. The van der Waals surface area contributed by atoms with Crippen molar-refractivity contribution in [1.29, 1.82) is 0 Å². The zero-order chi connectivity index (χ0) is 22.1. The molecule has 0 bridgehead atoms. The molecule has 0 radical (unpaired) electrons. The minimum absolute atomic E-state index is 0.275. The Hall–Kier alpha value is -3.65. The van der Waals surface area contributed by atoms with Gasteiger partial charge in [-0.15, -0.1) is 0 Å². The fraction of sp³-hybridized carbons (Fsp3) is 0.250. The predicted octanol–water partition coefficient (Wildman–Crippen LogP) is 3.44. The Labute approximate surface area is 185 Å². The van der Waals surface area contributed by atoms with E-state index in [2.05, 4.69) is 20.4 Å². The normalized spacial score (nSPS) is 20.2. The number of aromatic nitrogens is 2. The number of benzene rings is 2. The topological polar surface area (TPSA) is 63.9 Å². The fourth-order valence-corrected chi connectivity index (χ4v) is 4.15. The van der Waals surface area contributed by atoms with Crippen LogP contribution in [-0.4, -0.2) is 47.0 Å². The van der Waals surface area contributed by atoms with E-state index in [9.17, 15) is 4.39 Å². The van der Waals surface area contributed by atoms with Gasteiger partial charge in [0.2, 0.25) is 5.72 Å². The first kappa shape index (κ1) is 20.3. The summed E-state index contributed by atoms with van der Waals surface area (Å²) in [5.41, 5.74) is 2.92. The zero-order valence-corrected chi connectivity index (χ0v) is 18.0. The number of hydrogen-bond donors (Lipinski definition) is 1. The summed E-state index contributed by atoms with van der Waals surface area (Å²) in [7, 11) is 1.66. The molecule has 32 heavy (non-hydrogen) atoms. The Morgan fingerprint density at radius 1 is 1.19 bits per heavy atom. The van der Waals surface area contributed by atoms with Crippen molar-refractivity contribution in [2.75, 3.05) is 26.7 Å². The van der Waals surface area contributed by atoms with E-state index in [0.29, 0.717) is 6.54 Å². The van der Waals surface area contributed by atoms with Crippen LogP contribution in [0.15, 0.2) is 66.2 Å². The Balaban J connectivity index is 1.40. The molecule has 3 aromatic rings. The van der Waals surface area contributed by atoms with Crippen LogP contribution < -0.4 is 10.1 Å². The number of hydrogen-bond acceptors (Lipinski definition) is 6. The van der Waals surface area contributed by atoms with Crippen LogP contribution in [-0.2, 0) is 10.6 Å². The summed E-state index contributed by atoms with van der Waals surface area (Å²) in [6.45, 7) is 4.05. The van der Waals surface area contributed by atoms with Crippen molar-refractivity contribution in [3.05, 3.63) is 83.7 Å². The smallest absolute Gasteiger partial charge is 0.249 e. The van der Waals surface area contributed by atoms with Gasteiger partial charge in [0.25, 0.3) is 0 Å². The van der Waals surface area contributed by atoms with Crippen LogP contribution in [0.3, 0.4) is 0 Å². The largest absolute Gasteiger partial charge is 0.495 e. The second-order valence-corrected chi connectivity index (χ2v) is 7.85. The first-order chi connectivity index (χ1) is 15.6. The summed E-state index contributed by atoms with van der Waals surface area (Å²) in [6, 6.07) is 12.4. The van der Waals surface area contributed by atoms with E-state index < -0.39 is 5.72 Å². The van der Waals surface area contributed by atoms with Gasteiger partial charge in [-0.25, -0.2) is 9.37 Å². The van der Waals surface area contributed by atoms with Gasteiger partial charge in [0.05, 0.1) is 31.4 Å². The third kappa shape index (κ3) is 3.52. The van der Waals surface area contributed by atoms with E-state index in [1.54, 1.807) is 25.6 Å². The minimum atomic E-state index is -0.771. The average molecular weight is 433 g/mol. The Morgan fingerprint density at radius 2 is 2.03 bits per heavy atom. The summed E-state index contributed by atoms with van der Waals surface area (Å²) < 4.78 is 21.0. The first-order valence-corrected chi connectivity index (χ1v) is 10.5. The van der Waals surface area contributed by atoms with Gasteiger partial charge in [0.1, 0.15) is 11.6 Å². The van der Waals surface area contributed by atoms with Crippen LogP contribution in [0.4, 0.5) is 4.39 Å². The standard InChI is InChI=1S/C24H24FN5O2/c1-17-14-29(16-27-17)21-9-3-18(13-22(21)31-2)4-10-23-28-32-24(15-26-11-12-30(23)24)19-5-7-20(25)8-6-19/h3-10,13-14,16,26H,11-12,15H2,1-2H3. The molecule has 2 aliphatic heterocycles. The molecule has 1 N–H and O–H groups in total. The third-order valence-electron chi connectivity index (χ3n) is 5.79. The van der Waals surface area contributed by atoms with Crippen molar-refractivity contribution >= 4 is 11.9 Å². The van der Waals surface area contributed by atoms with Gasteiger partial charge >= 0.3 is 0 Å². The second-order valence-electron chi connectivity index (χ2n) is 7.85. The van der Waals surface area contributed by atoms with Crippen LogP contribution in [0.25, 0.3) is 11.8 Å². The van der Waals surface area contributed by atoms with Crippen molar-refractivity contribution < 1.29 is 14.0 Å². The van der Waals surface area contributed by atoms with Gasteiger partial charge in [-0.3, -0.25) is 0 Å². The van der Waals surface area contributed by atoms with Gasteiger partial charge in [0.15, 0.2) is 5.84 Å². The molecule has 7 nitrogen and oxygen atoms in total. The lowest BCUT2D eigenvalue weighted by molar-refractivity contribution is -0.115. The van der Waals surface area contributed by atoms with E-state index in [0.717, 1.165) is 47.2 Å². The number of methoxy groups -OCH3 is 1. The number of nitrogens with one attached hydrogen (secondary N) is 1. The average Bonchev–Trinajstić information content (AvgIpc) is 3.42. The van der Waals surface area contributed by atoms with Gasteiger partial charge in [0, 0.05) is 24.8 Å². The van der Waals surface area contributed by atoms with E-state index in [1.165, 1.54) is 12.1 Å². The van der Waals surface area contributed by atoms with Crippen LogP contribution in [0, 0.1) is 12.7 Å². The molecule has 2 aliphatic rings. The number of nitrogens with zero attached hydrogens (tertiary/aromatic N) is 4. The Bertz CT molecular complexity index is 1190. The van der Waals surface area contributed by atoms with Gasteiger partial charge in [-0.2, -0.15) is 0 Å². The summed E-state index contributed by atoms with van der Waals surface area (Å²) in [4.78, 5) is 12.3. The third-order valence-corrected chi connectivity index (χ3v) is 5.79. The molecule has 1 saturated heterocycles. The number of halogens is 1. The highest BCUT2D eigenvalue weighted by Gasteiger charge is 2.48. The van der Waals surface area contributed by atoms with Gasteiger partial charge < -0.3 is 24.4 Å². The van der Waals surface area contributed by atoms with Gasteiger partial charge in [-0.1, -0.05) is 29.4 Å². The number of rotatable bonds is 5. The number of amidine groups is 1. The maximum absolute atomic E-state index is 13.5. The SMILES string of the molecule is COc1cc(C=CC2=NOC3(c4ccc(F)cc4)CNCCN23)ccc1-n1cnc(C)c1. The molecule has 1 fully saturated rings. The molecular formula is C24H24FN5O2. The summed E-state index contributed by atoms with van der Waals surface area (Å²) in [5, 5.41) is 7.72. The van der Waals surface area contributed by atoms with Crippen LogP contribution in [0.2, 0.25) is 0 Å². The molecule has 8 heteroatoms. The highest BCUT2D eigenvalue weighted by Crippen LogP contribution is 2.37. The maximum Gasteiger partial charge on any atom is 0.249 e. The van der Waals surface area contributed by atoms with E-state index in [4.69, 9.17) is 9.57 Å². The summed E-state index contributed by atoms with van der Waals surface area (Å²) in [6.07, 6.45) is 7.65. The lowest BCUT2D eigenvalue weighted by atomic mass is 9.98. The highest BCUT2D eigenvalue weighted by atomic mass is 19.1. The van der Waals surface area contributed by atoms with E-state index in [-0.39, 0.29) is 5.82 Å². The second kappa shape index (κ2) is 8.12. The summed E-state index contributed by atoms with van der Waals surface area (Å²) >= 11 is 0. The molecule has 1 aromatic heterocycles. The van der Waals surface area contributed by atoms with Crippen LogP contribution in [0.1, 0.15) is 16.8 Å². The Morgan fingerprint density at radius 3 is 2.78 bits per heavy atom. The quantitative estimate of drug-likeness (QED) is 0.668. The molecule has 0 amide bonds. The number of fused-ring (bicyclic) bond motifs is 1. The number of ether oxygens (including phenoxy) is 1. The van der Waals surface area contributed by atoms with Crippen molar-refractivity contribution in [3.8, 4) is 11.4 Å². The zero-order valence-electron chi connectivity index (χ0n) is 18.0. The number of aryl methyl sites for hydroxylation is 1. The van der Waals surface area contributed by atoms with Gasteiger partial charge in [-0.05, 0) is 42.8 Å². The number of piperazine rings is 1. The maximum atomic E-state index is 13.5. The van der Waals surface area contributed by atoms with Crippen molar-refractivity contribution in [2.45, 2.75) is 12.6 Å². The predicted molar refractivity (Wildman–Crippen MR) is 120 cm³/mol. The molecule has 1 unspecified atom stereocenters. The van der Waals surface area contributed by atoms with E-state index in [1.807, 2.05) is 48.0 Å². The molecule has 3 heterocycles.